The van der Waals surface area contributed by atoms with Gasteiger partial charge in [-0.3, -0.25) is 0 Å². The number of hydrogen-bond acceptors (Lipinski definition) is 3. The molecule has 0 aliphatic heterocycles. The lowest BCUT2D eigenvalue weighted by atomic mass is 10.0. The van der Waals surface area contributed by atoms with E-state index >= 15 is 0 Å². The van der Waals surface area contributed by atoms with Crippen molar-refractivity contribution in [3.05, 3.63) is 24.3 Å². The standard InChI is InChI=1S/C16H25NO2S/c1-3-20(18,19)16-11-9-15(10-12-16)17-14-6-4-5-13(2)7-8-14/h9-14,17H,3-8H2,1-2H3. The molecule has 2 atom stereocenters. The van der Waals surface area contributed by atoms with Gasteiger partial charge in [0.05, 0.1) is 10.6 Å². The van der Waals surface area contributed by atoms with Gasteiger partial charge < -0.3 is 5.32 Å². The van der Waals surface area contributed by atoms with Gasteiger partial charge in [0.1, 0.15) is 0 Å². The minimum atomic E-state index is -3.09. The van der Waals surface area contributed by atoms with Crippen molar-refractivity contribution in [2.24, 2.45) is 5.92 Å². The molecule has 1 aromatic rings. The van der Waals surface area contributed by atoms with Crippen LogP contribution in [0.25, 0.3) is 0 Å². The van der Waals surface area contributed by atoms with Crippen LogP contribution >= 0.6 is 0 Å². The lowest BCUT2D eigenvalue weighted by molar-refractivity contribution is 0.502. The molecule has 3 nitrogen and oxygen atoms in total. The van der Waals surface area contributed by atoms with E-state index in [4.69, 9.17) is 0 Å². The molecule has 0 bridgehead atoms. The minimum Gasteiger partial charge on any atom is -0.382 e. The van der Waals surface area contributed by atoms with Crippen LogP contribution in [0, 0.1) is 5.92 Å². The summed E-state index contributed by atoms with van der Waals surface area (Å²) in [6, 6.07) is 7.71. The zero-order chi connectivity index (χ0) is 14.6. The van der Waals surface area contributed by atoms with Crippen LogP contribution in [0.5, 0.6) is 0 Å². The molecule has 1 aliphatic carbocycles. The highest BCUT2D eigenvalue weighted by molar-refractivity contribution is 7.91. The summed E-state index contributed by atoms with van der Waals surface area (Å²) < 4.78 is 23.5. The topological polar surface area (TPSA) is 46.2 Å². The third kappa shape index (κ3) is 3.98. The summed E-state index contributed by atoms with van der Waals surface area (Å²) in [4.78, 5) is 0.417. The Morgan fingerprint density at radius 2 is 1.80 bits per heavy atom. The second-order valence-electron chi connectivity index (χ2n) is 5.88. The van der Waals surface area contributed by atoms with Gasteiger partial charge in [0.15, 0.2) is 9.84 Å². The molecule has 0 spiro atoms. The van der Waals surface area contributed by atoms with Crippen LogP contribution in [0.3, 0.4) is 0 Å². The molecule has 0 radical (unpaired) electrons. The molecule has 1 saturated carbocycles. The number of sulfone groups is 1. The largest absolute Gasteiger partial charge is 0.382 e. The van der Waals surface area contributed by atoms with Crippen LogP contribution in [0.2, 0.25) is 0 Å². The van der Waals surface area contributed by atoms with Crippen molar-refractivity contribution in [3.63, 3.8) is 0 Å². The van der Waals surface area contributed by atoms with E-state index in [-0.39, 0.29) is 5.75 Å². The Morgan fingerprint density at radius 3 is 2.45 bits per heavy atom. The Balaban J connectivity index is 2.00. The Kier molecular flexibility index (Phi) is 5.08. The zero-order valence-corrected chi connectivity index (χ0v) is 13.2. The molecule has 2 rings (SSSR count). The average Bonchev–Trinajstić information content (AvgIpc) is 2.64. The highest BCUT2D eigenvalue weighted by Crippen LogP contribution is 2.25. The van der Waals surface area contributed by atoms with E-state index in [9.17, 15) is 8.42 Å². The lowest BCUT2D eigenvalue weighted by Gasteiger charge is -2.18. The van der Waals surface area contributed by atoms with Crippen molar-refractivity contribution in [1.82, 2.24) is 0 Å². The van der Waals surface area contributed by atoms with Crippen LogP contribution < -0.4 is 5.32 Å². The molecule has 4 heteroatoms. The molecular weight excluding hydrogens is 270 g/mol. The molecule has 1 fully saturated rings. The van der Waals surface area contributed by atoms with E-state index in [0.717, 1.165) is 11.6 Å². The van der Waals surface area contributed by atoms with Gasteiger partial charge in [-0.15, -0.1) is 0 Å². The van der Waals surface area contributed by atoms with Crippen molar-refractivity contribution in [3.8, 4) is 0 Å². The van der Waals surface area contributed by atoms with Gasteiger partial charge in [0.2, 0.25) is 0 Å². The minimum absolute atomic E-state index is 0.153. The van der Waals surface area contributed by atoms with Crippen LogP contribution in [-0.4, -0.2) is 20.2 Å². The molecule has 0 aromatic heterocycles. The van der Waals surface area contributed by atoms with Crippen LogP contribution in [-0.2, 0) is 9.84 Å². The van der Waals surface area contributed by atoms with Gasteiger partial charge in [0.25, 0.3) is 0 Å². The second kappa shape index (κ2) is 6.61. The highest BCUT2D eigenvalue weighted by Gasteiger charge is 2.16. The van der Waals surface area contributed by atoms with Gasteiger partial charge in [-0.05, 0) is 49.4 Å². The quantitative estimate of drug-likeness (QED) is 0.858. The maximum atomic E-state index is 11.8. The fraction of sp³-hybridized carbons (Fsp3) is 0.625. The van der Waals surface area contributed by atoms with Gasteiger partial charge in [-0.1, -0.05) is 26.7 Å². The van der Waals surface area contributed by atoms with E-state index in [0.29, 0.717) is 10.9 Å². The molecule has 1 N–H and O–H groups in total. The molecular formula is C16H25NO2S. The monoisotopic (exact) mass is 295 g/mol. The number of rotatable bonds is 4. The Labute approximate surface area is 122 Å². The van der Waals surface area contributed by atoms with E-state index in [2.05, 4.69) is 12.2 Å². The Morgan fingerprint density at radius 1 is 1.10 bits per heavy atom. The molecule has 1 aromatic carbocycles. The third-order valence-corrected chi connectivity index (χ3v) is 5.97. The third-order valence-electron chi connectivity index (χ3n) is 4.22. The molecule has 1 aliphatic rings. The Hall–Kier alpha value is -1.03. The first-order valence-corrected chi connectivity index (χ1v) is 9.26. The van der Waals surface area contributed by atoms with Crippen molar-refractivity contribution >= 4 is 15.5 Å². The molecule has 0 saturated heterocycles. The van der Waals surface area contributed by atoms with Gasteiger partial charge in [0, 0.05) is 11.7 Å². The van der Waals surface area contributed by atoms with Crippen molar-refractivity contribution < 1.29 is 8.42 Å². The van der Waals surface area contributed by atoms with Crippen LogP contribution in [0.1, 0.15) is 46.0 Å². The molecule has 20 heavy (non-hydrogen) atoms. The fourth-order valence-corrected chi connectivity index (χ4v) is 3.68. The maximum Gasteiger partial charge on any atom is 0.178 e. The van der Waals surface area contributed by atoms with Crippen molar-refractivity contribution in [2.75, 3.05) is 11.1 Å². The summed E-state index contributed by atoms with van der Waals surface area (Å²) in [5.74, 6) is 0.985. The van der Waals surface area contributed by atoms with Crippen LogP contribution in [0.4, 0.5) is 5.69 Å². The molecule has 2 unspecified atom stereocenters. The first kappa shape index (κ1) is 15.4. The van der Waals surface area contributed by atoms with E-state index in [1.807, 2.05) is 12.1 Å². The number of hydrogen-bond donors (Lipinski definition) is 1. The molecule has 112 valence electrons. The SMILES string of the molecule is CCS(=O)(=O)c1ccc(NC2CCCC(C)CC2)cc1. The zero-order valence-electron chi connectivity index (χ0n) is 12.4. The average molecular weight is 295 g/mol. The predicted molar refractivity (Wildman–Crippen MR) is 83.8 cm³/mol. The predicted octanol–water partition coefficient (Wildman–Crippen LogP) is 3.86. The number of nitrogens with one attached hydrogen (secondary N) is 1. The van der Waals surface area contributed by atoms with E-state index < -0.39 is 9.84 Å². The number of anilines is 1. The van der Waals surface area contributed by atoms with Gasteiger partial charge in [-0.2, -0.15) is 0 Å². The molecule has 0 heterocycles. The Bertz CT molecular complexity index is 522. The van der Waals surface area contributed by atoms with E-state index in [1.165, 1.54) is 32.1 Å². The summed E-state index contributed by atoms with van der Waals surface area (Å²) in [5, 5.41) is 3.54. The highest BCUT2D eigenvalue weighted by atomic mass is 32.2. The summed E-state index contributed by atoms with van der Waals surface area (Å²) in [5.41, 5.74) is 1.03. The summed E-state index contributed by atoms with van der Waals surface area (Å²) >= 11 is 0. The molecule has 0 amide bonds. The summed E-state index contributed by atoms with van der Waals surface area (Å²) in [6.07, 6.45) is 6.29. The first-order valence-electron chi connectivity index (χ1n) is 7.60. The fourth-order valence-electron chi connectivity index (χ4n) is 2.79. The van der Waals surface area contributed by atoms with Crippen molar-refractivity contribution in [1.29, 1.82) is 0 Å². The van der Waals surface area contributed by atoms with Gasteiger partial charge >= 0.3 is 0 Å². The van der Waals surface area contributed by atoms with Crippen molar-refractivity contribution in [2.45, 2.75) is 56.9 Å². The lowest BCUT2D eigenvalue weighted by Crippen LogP contribution is -2.18. The normalized spacial score (nSPS) is 24.1. The van der Waals surface area contributed by atoms with E-state index in [1.54, 1.807) is 19.1 Å². The smallest absolute Gasteiger partial charge is 0.178 e. The summed E-state index contributed by atoms with van der Waals surface area (Å²) in [7, 11) is -3.09. The first-order chi connectivity index (χ1) is 9.51. The maximum absolute atomic E-state index is 11.8. The number of benzene rings is 1. The second-order valence-corrected chi connectivity index (χ2v) is 8.16. The van der Waals surface area contributed by atoms with Gasteiger partial charge in [-0.25, -0.2) is 8.42 Å². The summed E-state index contributed by atoms with van der Waals surface area (Å²) in [6.45, 7) is 4.00. The van der Waals surface area contributed by atoms with Crippen LogP contribution in [0.15, 0.2) is 29.2 Å².